The van der Waals surface area contributed by atoms with Gasteiger partial charge in [0.2, 0.25) is 0 Å². The number of benzene rings is 3. The van der Waals surface area contributed by atoms with Gasteiger partial charge in [-0.2, -0.15) is 0 Å². The van der Waals surface area contributed by atoms with Crippen LogP contribution in [0.5, 0.6) is 11.5 Å². The minimum Gasteiger partial charge on any atom is -0.495 e. The first-order valence-electron chi connectivity index (χ1n) is 11.8. The molecule has 0 saturated heterocycles. The highest BCUT2D eigenvalue weighted by Crippen LogP contribution is 2.35. The van der Waals surface area contributed by atoms with Crippen molar-refractivity contribution in [1.82, 2.24) is 14.5 Å². The van der Waals surface area contributed by atoms with Crippen LogP contribution in [0.2, 0.25) is 0 Å². The fraction of sp³-hybridized carbons (Fsp3) is 0.107. The number of methoxy groups -OCH3 is 2. The van der Waals surface area contributed by atoms with Crippen LogP contribution in [0.15, 0.2) is 82.6 Å². The lowest BCUT2D eigenvalue weighted by Gasteiger charge is -2.17. The van der Waals surface area contributed by atoms with E-state index in [1.54, 1.807) is 6.92 Å². The Kier molecular flexibility index (Phi) is 6.94. The minimum atomic E-state index is -4.02. The van der Waals surface area contributed by atoms with Crippen molar-refractivity contribution in [3.05, 3.63) is 101 Å². The van der Waals surface area contributed by atoms with Gasteiger partial charge in [-0.25, -0.2) is 27.2 Å². The molecular formula is C28H22F2N4O5S. The smallest absolute Gasteiger partial charge is 0.263 e. The molecule has 2 aromatic heterocycles. The van der Waals surface area contributed by atoms with E-state index in [0.29, 0.717) is 22.3 Å². The van der Waals surface area contributed by atoms with Crippen molar-refractivity contribution in [3.8, 4) is 28.3 Å². The van der Waals surface area contributed by atoms with E-state index in [-0.39, 0.29) is 33.5 Å². The molecule has 0 aliphatic heterocycles. The maximum absolute atomic E-state index is 15.5. The molecule has 0 fully saturated rings. The number of pyridine rings is 1. The van der Waals surface area contributed by atoms with E-state index in [1.807, 2.05) is 0 Å². The van der Waals surface area contributed by atoms with Crippen LogP contribution in [0.4, 0.5) is 14.6 Å². The van der Waals surface area contributed by atoms with Gasteiger partial charge in [0.15, 0.2) is 11.6 Å². The van der Waals surface area contributed by atoms with Crippen LogP contribution >= 0.6 is 0 Å². The summed E-state index contributed by atoms with van der Waals surface area (Å²) in [6.07, 6.45) is 1.43. The van der Waals surface area contributed by atoms with Crippen molar-refractivity contribution in [2.24, 2.45) is 0 Å². The van der Waals surface area contributed by atoms with Crippen LogP contribution in [-0.4, -0.2) is 37.2 Å². The summed E-state index contributed by atoms with van der Waals surface area (Å²) >= 11 is 0. The molecule has 3 aromatic carbocycles. The summed E-state index contributed by atoms with van der Waals surface area (Å²) in [7, 11) is -1.35. The Balaban J connectivity index is 1.61. The molecule has 5 rings (SSSR count). The van der Waals surface area contributed by atoms with Crippen LogP contribution in [0.25, 0.3) is 27.7 Å². The number of anilines is 1. The molecule has 0 aliphatic carbocycles. The predicted molar refractivity (Wildman–Crippen MR) is 146 cm³/mol. The van der Waals surface area contributed by atoms with E-state index in [4.69, 9.17) is 9.47 Å². The summed E-state index contributed by atoms with van der Waals surface area (Å²) in [6, 6.07) is 14.8. The molecule has 0 radical (unpaired) electrons. The average Bonchev–Trinajstić information content (AvgIpc) is 2.93. The molecule has 0 aliphatic rings. The van der Waals surface area contributed by atoms with Gasteiger partial charge in [-0.15, -0.1) is 0 Å². The molecular weight excluding hydrogens is 542 g/mol. The minimum absolute atomic E-state index is 0.0553. The van der Waals surface area contributed by atoms with Gasteiger partial charge in [-0.05, 0) is 61.0 Å². The van der Waals surface area contributed by atoms with Crippen LogP contribution in [0.3, 0.4) is 0 Å². The second kappa shape index (κ2) is 10.4. The molecule has 9 nitrogen and oxygen atoms in total. The zero-order chi connectivity index (χ0) is 28.6. The SMILES string of the molecule is COc1cc(-c2cc(OC)c(-n3c(=O)ccc4cc(S(=O)(=O)Nc5ccnc(C)n5)ccc43)cc2F)ccc1F. The summed E-state index contributed by atoms with van der Waals surface area (Å²) in [5, 5.41) is 0.399. The van der Waals surface area contributed by atoms with Crippen LogP contribution in [0.1, 0.15) is 5.82 Å². The highest BCUT2D eigenvalue weighted by molar-refractivity contribution is 7.92. The maximum atomic E-state index is 15.5. The number of nitrogens with zero attached hydrogens (tertiary/aromatic N) is 3. The molecule has 0 unspecified atom stereocenters. The first-order chi connectivity index (χ1) is 19.1. The molecule has 0 saturated carbocycles. The fourth-order valence-electron chi connectivity index (χ4n) is 4.28. The van der Waals surface area contributed by atoms with Gasteiger partial charge in [-0.1, -0.05) is 6.07 Å². The van der Waals surface area contributed by atoms with Gasteiger partial charge in [0.25, 0.3) is 15.6 Å². The molecule has 0 bridgehead atoms. The van der Waals surface area contributed by atoms with Gasteiger partial charge in [0.05, 0.1) is 30.3 Å². The lowest BCUT2D eigenvalue weighted by Crippen LogP contribution is -2.19. The largest absolute Gasteiger partial charge is 0.495 e. The number of aromatic nitrogens is 3. The van der Waals surface area contributed by atoms with E-state index in [0.717, 1.165) is 12.1 Å². The number of hydrogen-bond acceptors (Lipinski definition) is 7. The first-order valence-corrected chi connectivity index (χ1v) is 13.3. The molecule has 0 atom stereocenters. The second-order valence-corrected chi connectivity index (χ2v) is 10.4. The Labute approximate surface area is 227 Å². The highest BCUT2D eigenvalue weighted by atomic mass is 32.2. The number of nitrogens with one attached hydrogen (secondary N) is 1. The van der Waals surface area contributed by atoms with Crippen LogP contribution in [-0.2, 0) is 10.0 Å². The molecule has 204 valence electrons. The van der Waals surface area contributed by atoms with Crippen LogP contribution < -0.4 is 19.8 Å². The van der Waals surface area contributed by atoms with Crippen molar-refractivity contribution in [3.63, 3.8) is 0 Å². The van der Waals surface area contributed by atoms with Gasteiger partial charge >= 0.3 is 0 Å². The van der Waals surface area contributed by atoms with E-state index in [9.17, 15) is 17.6 Å². The van der Waals surface area contributed by atoms with Crippen molar-refractivity contribution in [2.75, 3.05) is 18.9 Å². The Morgan fingerprint density at radius 2 is 1.65 bits per heavy atom. The lowest BCUT2D eigenvalue weighted by molar-refractivity contribution is 0.386. The number of fused-ring (bicyclic) bond motifs is 1. The summed E-state index contributed by atoms with van der Waals surface area (Å²) < 4.78 is 69.6. The molecule has 0 spiro atoms. The third-order valence-corrected chi connectivity index (χ3v) is 7.51. The topological polar surface area (TPSA) is 112 Å². The normalized spacial score (nSPS) is 11.4. The maximum Gasteiger partial charge on any atom is 0.263 e. The first kappa shape index (κ1) is 26.8. The summed E-state index contributed by atoms with van der Waals surface area (Å²) in [4.78, 5) is 21.0. The van der Waals surface area contributed by atoms with E-state index >= 15 is 4.39 Å². The number of hydrogen-bond donors (Lipinski definition) is 1. The van der Waals surface area contributed by atoms with E-state index < -0.39 is 27.2 Å². The predicted octanol–water partition coefficient (Wildman–Crippen LogP) is 4.85. The summed E-state index contributed by atoms with van der Waals surface area (Å²) in [5.74, 6) is -0.685. The van der Waals surface area contributed by atoms with E-state index in [1.165, 1.54) is 79.6 Å². The average molecular weight is 565 g/mol. The van der Waals surface area contributed by atoms with Gasteiger partial charge < -0.3 is 9.47 Å². The number of sulfonamides is 1. The van der Waals surface area contributed by atoms with E-state index in [2.05, 4.69) is 14.7 Å². The number of halogens is 2. The molecule has 12 heteroatoms. The highest BCUT2D eigenvalue weighted by Gasteiger charge is 2.20. The van der Waals surface area contributed by atoms with Crippen molar-refractivity contribution in [1.29, 1.82) is 0 Å². The molecule has 1 N–H and O–H groups in total. The van der Waals surface area contributed by atoms with Crippen molar-refractivity contribution in [2.45, 2.75) is 11.8 Å². The van der Waals surface area contributed by atoms with Crippen molar-refractivity contribution >= 4 is 26.7 Å². The van der Waals surface area contributed by atoms with Crippen LogP contribution in [0, 0.1) is 18.6 Å². The summed E-state index contributed by atoms with van der Waals surface area (Å²) in [6.45, 7) is 1.63. The van der Waals surface area contributed by atoms with Crippen molar-refractivity contribution < 1.29 is 26.7 Å². The zero-order valence-electron chi connectivity index (χ0n) is 21.5. The number of ether oxygens (including phenoxy) is 2. The Hall–Kier alpha value is -4.84. The molecule has 5 aromatic rings. The zero-order valence-corrected chi connectivity index (χ0v) is 22.3. The number of aryl methyl sites for hydroxylation is 1. The van der Waals surface area contributed by atoms with Gasteiger partial charge in [0, 0.05) is 29.3 Å². The van der Waals surface area contributed by atoms with Gasteiger partial charge in [0.1, 0.15) is 23.2 Å². The lowest BCUT2D eigenvalue weighted by atomic mass is 10.0. The quantitative estimate of drug-likeness (QED) is 0.301. The summed E-state index contributed by atoms with van der Waals surface area (Å²) in [5.41, 5.74) is 0.363. The Morgan fingerprint density at radius 1 is 0.875 bits per heavy atom. The molecule has 2 heterocycles. The monoisotopic (exact) mass is 564 g/mol. The Morgan fingerprint density at radius 3 is 2.38 bits per heavy atom. The fourth-order valence-corrected chi connectivity index (χ4v) is 5.32. The van der Waals surface area contributed by atoms with Gasteiger partial charge in [-0.3, -0.25) is 14.1 Å². The third-order valence-electron chi connectivity index (χ3n) is 6.16. The molecule has 0 amide bonds. The third kappa shape index (κ3) is 4.96. The molecule has 40 heavy (non-hydrogen) atoms. The number of rotatable bonds is 7. The second-order valence-electron chi connectivity index (χ2n) is 8.68. The standard InChI is InChI=1S/C28H22F2N4O5S/c1-16-31-11-10-27(32-16)33-40(36,37)19-6-8-23-18(12-19)5-9-28(35)34(23)24-15-22(30)20(14-26(24)39-3)17-4-7-21(29)25(13-17)38-2/h4-15H,1-3H3,(H,31,32,33). The Bertz CT molecular complexity index is 1940.